The number of unbranched alkanes of at least 4 members (excludes halogenated alkanes) is 1. The summed E-state index contributed by atoms with van der Waals surface area (Å²) in [7, 11) is 1.91. The van der Waals surface area contributed by atoms with E-state index in [0.29, 0.717) is 0 Å². The minimum absolute atomic E-state index is 0.0847. The maximum Gasteiger partial charge on any atom is 0.426 e. The monoisotopic (exact) mass is 364 g/mol. The lowest BCUT2D eigenvalue weighted by atomic mass is 9.77. The van der Waals surface area contributed by atoms with Crippen LogP contribution in [0.15, 0.2) is 24.4 Å². The van der Waals surface area contributed by atoms with Gasteiger partial charge in [-0.1, -0.05) is 25.5 Å². The number of hydrogen-bond acceptors (Lipinski definition) is 4. The lowest BCUT2D eigenvalue weighted by molar-refractivity contribution is 0.109. The summed E-state index contributed by atoms with van der Waals surface area (Å²) in [5.41, 5.74) is 4.02. The van der Waals surface area contributed by atoms with E-state index >= 15 is 0 Å². The predicted molar refractivity (Wildman–Crippen MR) is 106 cm³/mol. The molecule has 0 saturated carbocycles. The molecule has 1 unspecified atom stereocenters. The molecule has 0 radical (unpaired) electrons. The summed E-state index contributed by atoms with van der Waals surface area (Å²) in [6, 6.07) is 7.92. The normalized spacial score (nSPS) is 23.1. The number of urea groups is 1. The third-order valence-electron chi connectivity index (χ3n) is 5.91. The molecule has 2 aromatic rings. The number of rotatable bonds is 4. The molecule has 0 spiro atoms. The number of nitrogens with one attached hydrogen (secondary N) is 1. The maximum absolute atomic E-state index is 13.4. The standard InChI is InChI=1S/C21H25N5O/c1-6-7-10-21(4)19-17(13-23-18(12-22)25-19)26(21,5)20(27)24-16-11-14(2)8-9-15(16)3/h8-9,11,13H,6-7,10H2,1-5H3/p+1/t21-,26?/m1/s1. The number of anilines is 1. The second-order valence-electron chi connectivity index (χ2n) is 7.67. The molecule has 1 N–H and O–H groups in total. The van der Waals surface area contributed by atoms with Crippen molar-refractivity contribution in [2.24, 2.45) is 0 Å². The summed E-state index contributed by atoms with van der Waals surface area (Å²) >= 11 is 0. The van der Waals surface area contributed by atoms with Gasteiger partial charge in [-0.3, -0.25) is 5.32 Å². The van der Waals surface area contributed by atoms with Crippen molar-refractivity contribution < 1.29 is 4.79 Å². The van der Waals surface area contributed by atoms with Gasteiger partial charge in [0.15, 0.2) is 16.9 Å². The van der Waals surface area contributed by atoms with Crippen LogP contribution < -0.4 is 9.80 Å². The van der Waals surface area contributed by atoms with Crippen molar-refractivity contribution in [3.05, 3.63) is 47.0 Å². The van der Waals surface area contributed by atoms with E-state index < -0.39 is 5.54 Å². The van der Waals surface area contributed by atoms with Crippen molar-refractivity contribution in [2.75, 3.05) is 12.4 Å². The molecule has 1 aliphatic rings. The molecule has 0 bridgehead atoms. The van der Waals surface area contributed by atoms with Crippen LogP contribution in [-0.2, 0) is 5.54 Å². The Morgan fingerprint density at radius 2 is 2.11 bits per heavy atom. The largest absolute Gasteiger partial charge is 0.426 e. The quantitative estimate of drug-likeness (QED) is 0.807. The number of aromatic nitrogens is 2. The Bertz CT molecular complexity index is 948. The van der Waals surface area contributed by atoms with Gasteiger partial charge in [0.25, 0.3) is 0 Å². The lowest BCUT2D eigenvalue weighted by Gasteiger charge is -2.53. The summed E-state index contributed by atoms with van der Waals surface area (Å²) in [6.07, 6.45) is 4.44. The van der Waals surface area contributed by atoms with Crippen molar-refractivity contribution in [3.63, 3.8) is 0 Å². The van der Waals surface area contributed by atoms with Crippen LogP contribution in [0, 0.1) is 25.2 Å². The third-order valence-corrected chi connectivity index (χ3v) is 5.91. The number of aryl methyl sites for hydroxylation is 2. The van der Waals surface area contributed by atoms with E-state index in [-0.39, 0.29) is 16.3 Å². The summed E-state index contributed by atoms with van der Waals surface area (Å²) in [5, 5.41) is 12.3. The van der Waals surface area contributed by atoms with Gasteiger partial charge in [-0.05, 0) is 44.4 Å². The van der Waals surface area contributed by atoms with E-state index in [1.807, 2.05) is 45.2 Å². The van der Waals surface area contributed by atoms with Crippen LogP contribution in [0.2, 0.25) is 0 Å². The van der Waals surface area contributed by atoms with Crippen molar-refractivity contribution in [1.82, 2.24) is 14.5 Å². The average Bonchev–Trinajstić information content (AvgIpc) is 2.67. The highest BCUT2D eigenvalue weighted by molar-refractivity contribution is 6.01. The van der Waals surface area contributed by atoms with Crippen molar-refractivity contribution in [1.29, 1.82) is 5.26 Å². The van der Waals surface area contributed by atoms with Crippen LogP contribution in [0.5, 0.6) is 0 Å². The van der Waals surface area contributed by atoms with Gasteiger partial charge >= 0.3 is 6.03 Å². The number of hydrogen-bond donors (Lipinski definition) is 1. The topological polar surface area (TPSA) is 78.7 Å². The molecule has 1 aliphatic heterocycles. The zero-order valence-corrected chi connectivity index (χ0v) is 16.6. The molecule has 2 heterocycles. The van der Waals surface area contributed by atoms with Crippen LogP contribution >= 0.6 is 0 Å². The van der Waals surface area contributed by atoms with E-state index in [4.69, 9.17) is 5.26 Å². The minimum atomic E-state index is -0.484. The Hall–Kier alpha value is -2.78. The number of nitrogens with zero attached hydrogens (tertiary/aromatic N) is 4. The molecule has 0 fully saturated rings. The molecule has 6 heteroatoms. The fourth-order valence-electron chi connectivity index (χ4n) is 3.87. The highest BCUT2D eigenvalue weighted by Crippen LogP contribution is 2.54. The number of carbonyl (C=O) groups is 1. The Labute approximate surface area is 160 Å². The second-order valence-corrected chi connectivity index (χ2v) is 7.67. The van der Waals surface area contributed by atoms with Crippen molar-refractivity contribution >= 4 is 17.4 Å². The highest BCUT2D eigenvalue weighted by Gasteiger charge is 2.65. The van der Waals surface area contributed by atoms with Crippen molar-refractivity contribution in [3.8, 4) is 6.07 Å². The van der Waals surface area contributed by atoms with E-state index in [1.54, 1.807) is 6.20 Å². The molecular weight excluding hydrogens is 338 g/mol. The van der Waals surface area contributed by atoms with Gasteiger partial charge in [0.05, 0.1) is 13.2 Å². The van der Waals surface area contributed by atoms with Crippen LogP contribution in [0.4, 0.5) is 16.2 Å². The van der Waals surface area contributed by atoms with Crippen LogP contribution in [0.1, 0.15) is 55.8 Å². The number of carbonyl (C=O) groups excluding carboxylic acids is 1. The molecule has 3 rings (SSSR count). The maximum atomic E-state index is 13.4. The Morgan fingerprint density at radius 3 is 2.78 bits per heavy atom. The summed E-state index contributed by atoms with van der Waals surface area (Å²) in [6.45, 7) is 8.18. The SMILES string of the molecule is CCCC[C@]1(C)c2nc(C#N)ncc2[N+]1(C)C(=O)Nc1cc(C)ccc1C. The van der Waals surface area contributed by atoms with Crippen molar-refractivity contribution in [2.45, 2.75) is 52.5 Å². The van der Waals surface area contributed by atoms with E-state index in [9.17, 15) is 4.79 Å². The zero-order chi connectivity index (χ0) is 19.8. The Balaban J connectivity index is 2.03. The van der Waals surface area contributed by atoms with Crippen LogP contribution in [0.25, 0.3) is 0 Å². The molecular formula is C21H26N5O+. The van der Waals surface area contributed by atoms with Gasteiger partial charge < -0.3 is 0 Å². The molecule has 140 valence electrons. The number of quaternary nitrogens is 1. The summed E-state index contributed by atoms with van der Waals surface area (Å²) in [4.78, 5) is 22.0. The number of amides is 2. The number of nitriles is 1. The number of benzene rings is 1. The zero-order valence-electron chi connectivity index (χ0n) is 16.6. The molecule has 1 aromatic carbocycles. The van der Waals surface area contributed by atoms with E-state index in [1.165, 1.54) is 0 Å². The Morgan fingerprint density at radius 1 is 1.37 bits per heavy atom. The smallest absolute Gasteiger partial charge is 0.275 e. The first-order valence-corrected chi connectivity index (χ1v) is 9.31. The van der Waals surface area contributed by atoms with Crippen LogP contribution in [0.3, 0.4) is 0 Å². The fourth-order valence-corrected chi connectivity index (χ4v) is 3.87. The molecule has 2 atom stereocenters. The average molecular weight is 364 g/mol. The molecule has 27 heavy (non-hydrogen) atoms. The molecule has 1 aromatic heterocycles. The fraction of sp³-hybridized carbons (Fsp3) is 0.429. The minimum Gasteiger partial charge on any atom is -0.275 e. The van der Waals surface area contributed by atoms with Gasteiger partial charge in [0.2, 0.25) is 5.82 Å². The first-order chi connectivity index (χ1) is 12.8. The molecule has 6 nitrogen and oxygen atoms in total. The molecule has 0 saturated heterocycles. The van der Waals surface area contributed by atoms with E-state index in [0.717, 1.165) is 47.5 Å². The Kier molecular flexibility index (Phi) is 4.75. The van der Waals surface area contributed by atoms with Crippen LogP contribution in [-0.4, -0.2) is 23.0 Å². The first kappa shape index (κ1) is 19.0. The predicted octanol–water partition coefficient (Wildman–Crippen LogP) is 4.55. The summed E-state index contributed by atoms with van der Waals surface area (Å²) < 4.78 is 0.0847. The van der Waals surface area contributed by atoms with Gasteiger partial charge in [0, 0.05) is 12.1 Å². The summed E-state index contributed by atoms with van der Waals surface area (Å²) in [5.74, 6) is 0.151. The van der Waals surface area contributed by atoms with E-state index in [2.05, 4.69) is 29.1 Å². The first-order valence-electron chi connectivity index (χ1n) is 9.31. The van der Waals surface area contributed by atoms with Gasteiger partial charge in [-0.25, -0.2) is 14.8 Å². The van der Waals surface area contributed by atoms with Gasteiger partial charge in [-0.2, -0.15) is 9.74 Å². The molecule has 2 amide bonds. The number of fused-ring (bicyclic) bond motifs is 1. The highest BCUT2D eigenvalue weighted by atomic mass is 16.2. The lowest BCUT2D eigenvalue weighted by Crippen LogP contribution is -2.72. The third kappa shape index (κ3) is 2.79. The second kappa shape index (κ2) is 6.75. The van der Waals surface area contributed by atoms with Gasteiger partial charge in [0.1, 0.15) is 6.07 Å². The molecule has 0 aliphatic carbocycles. The van der Waals surface area contributed by atoms with Gasteiger partial charge in [-0.15, -0.1) is 0 Å².